The van der Waals surface area contributed by atoms with E-state index in [4.69, 9.17) is 0 Å². The molecule has 0 aliphatic carbocycles. The van der Waals surface area contributed by atoms with Crippen molar-refractivity contribution in [3.8, 4) is 0 Å². The van der Waals surface area contributed by atoms with Crippen molar-refractivity contribution in [1.29, 1.82) is 0 Å². The van der Waals surface area contributed by atoms with Crippen molar-refractivity contribution in [2.75, 3.05) is 0 Å². The van der Waals surface area contributed by atoms with Crippen LogP contribution >= 0.6 is 0 Å². The topological polar surface area (TPSA) is 260 Å². The Morgan fingerprint density at radius 1 is 0.147 bits per heavy atom. The van der Waals surface area contributed by atoms with Crippen molar-refractivity contribution in [3.05, 3.63) is 431 Å². The molecule has 0 aliphatic heterocycles. The zero-order valence-corrected chi connectivity index (χ0v) is 62.1. The van der Waals surface area contributed by atoms with Crippen LogP contribution < -0.4 is 30.6 Å². The van der Waals surface area contributed by atoms with Crippen LogP contribution in [0.2, 0.25) is 0 Å². The summed E-state index contributed by atoms with van der Waals surface area (Å²) in [6, 6.07) is 114. The van der Waals surface area contributed by atoms with E-state index in [1.165, 1.54) is 29.4 Å². The van der Waals surface area contributed by atoms with Gasteiger partial charge in [0, 0.05) is 78.5 Å². The van der Waals surface area contributed by atoms with Crippen LogP contribution in [-0.4, -0.2) is 66.0 Å². The van der Waals surface area contributed by atoms with Crippen LogP contribution in [0.4, 0.5) is 28.8 Å². The molecule has 12 rings (SSSR count). The quantitative estimate of drug-likeness (QED) is 0.0512. The molecule has 18 nitrogen and oxygen atoms in total. The van der Waals surface area contributed by atoms with Crippen molar-refractivity contribution in [1.82, 2.24) is 29.4 Å². The van der Waals surface area contributed by atoms with Crippen molar-refractivity contribution in [2.45, 2.75) is 78.5 Å². The molecule has 0 aromatic heterocycles. The van der Waals surface area contributed by atoms with Gasteiger partial charge in [0.25, 0.3) is 0 Å². The minimum absolute atomic E-state index is 0. The summed E-state index contributed by atoms with van der Waals surface area (Å²) in [4.78, 5) is 74.5. The van der Waals surface area contributed by atoms with Gasteiger partial charge in [-0.2, -0.15) is 0 Å². The van der Waals surface area contributed by atoms with Crippen molar-refractivity contribution >= 4 is 36.6 Å². The fraction of sp³-hybridized carbons (Fsp3) is 0.133. The summed E-state index contributed by atoms with van der Waals surface area (Å²) < 4.78 is 0. The fourth-order valence-corrected chi connectivity index (χ4v) is 10.8. The maximum absolute atomic E-state index is 11.1. The van der Waals surface area contributed by atoms with E-state index in [-0.39, 0.29) is 21.1 Å². The van der Waals surface area contributed by atoms with Crippen molar-refractivity contribution < 1.29 is 80.5 Å². The van der Waals surface area contributed by atoms with Crippen LogP contribution in [0.1, 0.15) is 66.8 Å². The van der Waals surface area contributed by atoms with Crippen LogP contribution in [0.5, 0.6) is 0 Å². The summed E-state index contributed by atoms with van der Waals surface area (Å²) in [6.07, 6.45) is -6.90. The summed E-state index contributed by atoms with van der Waals surface area (Å²) in [5.41, 5.74) is 11.5. The smallest absolute Gasteiger partial charge is 0.530 e. The number of carbonyl (C=O) groups excluding carboxylic acids is 6. The summed E-state index contributed by atoms with van der Waals surface area (Å²) >= 11 is 0. The number of nitrogens with zero attached hydrogens (tertiary/aromatic N) is 6. The Morgan fingerprint density at radius 2 is 0.211 bits per heavy atom. The van der Waals surface area contributed by atoms with Crippen LogP contribution in [0.25, 0.3) is 0 Å². The van der Waals surface area contributed by atoms with Gasteiger partial charge in [-0.1, -0.05) is 364 Å². The number of carbonyl (C=O) groups is 6. The van der Waals surface area contributed by atoms with Crippen LogP contribution in [0.3, 0.4) is 0 Å². The Morgan fingerprint density at radius 3 is 0.266 bits per heavy atom. The summed E-state index contributed by atoms with van der Waals surface area (Å²) in [6.45, 7) is 4.14. The first-order valence-electron chi connectivity index (χ1n) is 34.8. The molecular weight excluding hydrogens is 1450 g/mol. The van der Waals surface area contributed by atoms with Gasteiger partial charge in [0.1, 0.15) is 36.6 Å². The number of hydrogen-bond donors (Lipinski definition) is 0. The van der Waals surface area contributed by atoms with Gasteiger partial charge in [-0.3, -0.25) is 0 Å². The summed E-state index contributed by atoms with van der Waals surface area (Å²) in [5, 5.41) is 66.7. The largest absolute Gasteiger partial charge is 6.00 e. The Kier molecular flexibility index (Phi) is 38.1. The van der Waals surface area contributed by atoms with E-state index in [1.807, 2.05) is 364 Å². The number of hydrogen-bond acceptors (Lipinski definition) is 12. The molecule has 19 heteroatoms. The van der Waals surface area contributed by atoms with E-state index in [0.29, 0.717) is 78.5 Å². The molecule has 0 atom stereocenters. The molecule has 12 aromatic rings. The molecule has 0 unspecified atom stereocenters. The molecule has 0 bridgehead atoms. The van der Waals surface area contributed by atoms with Crippen LogP contribution in [0, 0.1) is 0 Å². The molecule has 552 valence electrons. The minimum atomic E-state index is -1.15. The molecule has 0 saturated heterocycles. The summed E-state index contributed by atoms with van der Waals surface area (Å²) in [7, 11) is 0. The van der Waals surface area contributed by atoms with Gasteiger partial charge in [0.05, 0.1) is 0 Å². The maximum Gasteiger partial charge on any atom is 6.00 e. The molecule has 109 heavy (non-hydrogen) atoms. The standard InChI is InChI=1S/6C15H15NO2.Mo/c6*17-15(18)16(11-13-7-3-1-4-8-13)12-14-9-5-2-6-10-14;/h6*1-10H,11-12H2,(H,17,18);/q;;;;;;+6/p-6. The number of rotatable bonds is 24. The van der Waals surface area contributed by atoms with E-state index >= 15 is 0 Å². The van der Waals surface area contributed by atoms with Crippen molar-refractivity contribution in [3.63, 3.8) is 0 Å². The third kappa shape index (κ3) is 34.2. The Bertz CT molecular complexity index is 3490. The average molecular weight is 1540 g/mol. The van der Waals surface area contributed by atoms with Gasteiger partial charge in [-0.15, -0.1) is 0 Å². The molecule has 0 saturated carbocycles. The normalized spacial score (nSPS) is 9.91. The van der Waals surface area contributed by atoms with E-state index < -0.39 is 36.6 Å². The fourth-order valence-electron chi connectivity index (χ4n) is 10.8. The molecule has 0 heterocycles. The van der Waals surface area contributed by atoms with Gasteiger partial charge in [-0.25, -0.2) is 0 Å². The molecule has 0 spiro atoms. The van der Waals surface area contributed by atoms with Crippen LogP contribution in [0.15, 0.2) is 364 Å². The number of carboxylic acid groups (broad SMARTS) is 6. The first kappa shape index (κ1) is 84.9. The predicted octanol–water partition coefficient (Wildman–Crippen LogP) is 12.2. The van der Waals surface area contributed by atoms with Gasteiger partial charge < -0.3 is 88.8 Å². The molecule has 0 N–H and O–H groups in total. The molecule has 0 radical (unpaired) electrons. The number of benzene rings is 12. The third-order valence-corrected chi connectivity index (χ3v) is 16.1. The molecule has 12 aromatic carbocycles. The first-order chi connectivity index (χ1) is 52.5. The second-order valence-electron chi connectivity index (χ2n) is 24.6. The SMILES string of the molecule is O=C([O-])N(Cc1ccccc1)Cc1ccccc1.O=C([O-])N(Cc1ccccc1)Cc1ccccc1.O=C([O-])N(Cc1ccccc1)Cc1ccccc1.O=C([O-])N(Cc1ccccc1)Cc1ccccc1.O=C([O-])N(Cc1ccccc1)Cc1ccccc1.O=C([O-])N(Cc1ccccc1)Cc1ccccc1.[Mo+6]. The zero-order valence-electron chi connectivity index (χ0n) is 60.1. The minimum Gasteiger partial charge on any atom is -0.530 e. The van der Waals surface area contributed by atoms with Gasteiger partial charge in [-0.05, 0) is 66.8 Å². The maximum atomic E-state index is 11.1. The number of amides is 6. The van der Waals surface area contributed by atoms with Crippen LogP contribution in [-0.2, 0) is 99.6 Å². The first-order valence-corrected chi connectivity index (χ1v) is 34.8. The van der Waals surface area contributed by atoms with Crippen molar-refractivity contribution in [2.24, 2.45) is 0 Å². The van der Waals surface area contributed by atoms with E-state index in [9.17, 15) is 59.4 Å². The molecular formula is C90H84MoN6O12. The van der Waals surface area contributed by atoms with Gasteiger partial charge in [0.15, 0.2) is 0 Å². The molecule has 0 fully saturated rings. The molecule has 0 aliphatic rings. The molecule has 6 amide bonds. The van der Waals surface area contributed by atoms with E-state index in [2.05, 4.69) is 0 Å². The predicted molar refractivity (Wildman–Crippen MR) is 405 cm³/mol. The summed E-state index contributed by atoms with van der Waals surface area (Å²) in [5.74, 6) is 0. The monoisotopic (exact) mass is 1540 g/mol. The third-order valence-electron chi connectivity index (χ3n) is 16.1. The Labute approximate surface area is 651 Å². The second-order valence-corrected chi connectivity index (χ2v) is 24.6. The Balaban J connectivity index is 0.000000204. The van der Waals surface area contributed by atoms with Gasteiger partial charge in [0.2, 0.25) is 0 Å². The average Bonchev–Trinajstić information content (AvgIpc) is 0.919. The van der Waals surface area contributed by atoms with E-state index in [1.54, 1.807) is 0 Å². The zero-order chi connectivity index (χ0) is 76.8. The Hall–Kier alpha value is -13.1. The van der Waals surface area contributed by atoms with Gasteiger partial charge >= 0.3 is 21.1 Å². The van der Waals surface area contributed by atoms with E-state index in [0.717, 1.165) is 66.8 Å². The second kappa shape index (κ2) is 48.9.